The van der Waals surface area contributed by atoms with Crippen molar-refractivity contribution in [3.63, 3.8) is 0 Å². The van der Waals surface area contributed by atoms with E-state index in [1.807, 2.05) is 19.1 Å². The Morgan fingerprint density at radius 2 is 2.22 bits per heavy atom. The molecule has 0 atom stereocenters. The fourth-order valence-corrected chi connectivity index (χ4v) is 1.67. The minimum absolute atomic E-state index is 0.0157. The Morgan fingerprint density at radius 3 is 2.89 bits per heavy atom. The second-order valence-electron chi connectivity index (χ2n) is 3.71. The number of anilines is 1. The van der Waals surface area contributed by atoms with Gasteiger partial charge in [-0.3, -0.25) is 9.59 Å². The molecule has 1 amide bonds. The van der Waals surface area contributed by atoms with E-state index in [9.17, 15) is 9.59 Å². The molecule has 92 valence electrons. The largest absolute Gasteiger partial charge is 0.322 e. The summed E-state index contributed by atoms with van der Waals surface area (Å²) < 4.78 is 0.958. The Hall–Kier alpha value is -1.95. The van der Waals surface area contributed by atoms with Crippen molar-refractivity contribution in [1.82, 2.24) is 9.97 Å². The molecule has 0 saturated heterocycles. The number of hydrogen-bond donors (Lipinski definition) is 2. The molecule has 0 aliphatic rings. The highest BCUT2D eigenvalue weighted by molar-refractivity contribution is 9.10. The SMILES string of the molecule is Cc1cc(NC(=O)c2cnc[nH]c2=O)ccc1Br. The lowest BCUT2D eigenvalue weighted by molar-refractivity contribution is 0.102. The van der Waals surface area contributed by atoms with Gasteiger partial charge in [-0.1, -0.05) is 15.9 Å². The van der Waals surface area contributed by atoms with Gasteiger partial charge in [0.25, 0.3) is 11.5 Å². The lowest BCUT2D eigenvalue weighted by atomic mass is 10.2. The Kier molecular flexibility index (Phi) is 3.57. The third kappa shape index (κ3) is 2.65. The van der Waals surface area contributed by atoms with Crippen molar-refractivity contribution in [2.45, 2.75) is 6.92 Å². The summed E-state index contributed by atoms with van der Waals surface area (Å²) in [7, 11) is 0. The summed E-state index contributed by atoms with van der Waals surface area (Å²) in [6.45, 7) is 1.91. The van der Waals surface area contributed by atoms with Gasteiger partial charge in [0, 0.05) is 16.4 Å². The molecule has 2 aromatic rings. The van der Waals surface area contributed by atoms with Crippen LogP contribution in [0.15, 0.2) is 40.0 Å². The molecule has 1 aromatic heterocycles. The highest BCUT2D eigenvalue weighted by Crippen LogP contribution is 2.20. The van der Waals surface area contributed by atoms with Gasteiger partial charge in [0.15, 0.2) is 0 Å². The Labute approximate surface area is 111 Å². The number of benzene rings is 1. The summed E-state index contributed by atoms with van der Waals surface area (Å²) in [4.78, 5) is 29.3. The van der Waals surface area contributed by atoms with E-state index in [0.717, 1.165) is 10.0 Å². The maximum absolute atomic E-state index is 11.8. The van der Waals surface area contributed by atoms with E-state index >= 15 is 0 Å². The molecule has 0 unspecified atom stereocenters. The number of aryl methyl sites for hydroxylation is 1. The summed E-state index contributed by atoms with van der Waals surface area (Å²) in [5.74, 6) is -0.480. The van der Waals surface area contributed by atoms with Gasteiger partial charge in [0.1, 0.15) is 5.56 Å². The molecule has 1 heterocycles. The van der Waals surface area contributed by atoms with Crippen LogP contribution in [0.25, 0.3) is 0 Å². The smallest absolute Gasteiger partial charge is 0.263 e. The first-order valence-corrected chi connectivity index (χ1v) is 5.97. The molecule has 1 aromatic carbocycles. The molecule has 0 fully saturated rings. The fraction of sp³-hybridized carbons (Fsp3) is 0.0833. The van der Waals surface area contributed by atoms with Gasteiger partial charge in [-0.2, -0.15) is 0 Å². The first kappa shape index (κ1) is 12.5. The van der Waals surface area contributed by atoms with Gasteiger partial charge in [-0.25, -0.2) is 4.98 Å². The quantitative estimate of drug-likeness (QED) is 0.892. The Balaban J connectivity index is 2.24. The van der Waals surface area contributed by atoms with Crippen molar-refractivity contribution < 1.29 is 4.79 Å². The second-order valence-corrected chi connectivity index (χ2v) is 4.57. The molecule has 2 rings (SSSR count). The van der Waals surface area contributed by atoms with Crippen LogP contribution in [0, 0.1) is 6.92 Å². The van der Waals surface area contributed by atoms with Gasteiger partial charge in [0.05, 0.1) is 6.33 Å². The number of aromatic nitrogens is 2. The second kappa shape index (κ2) is 5.14. The standard InChI is InChI=1S/C12H10BrN3O2/c1-7-4-8(2-3-10(7)13)16-12(18)9-5-14-6-15-11(9)17/h2-6H,1H3,(H,16,18)(H,14,15,17). The first-order chi connectivity index (χ1) is 8.58. The number of H-pyrrole nitrogens is 1. The molecule has 0 saturated carbocycles. The first-order valence-electron chi connectivity index (χ1n) is 5.18. The number of carbonyl (C=O) groups excluding carboxylic acids is 1. The number of hydrogen-bond acceptors (Lipinski definition) is 3. The predicted molar refractivity (Wildman–Crippen MR) is 71.7 cm³/mol. The molecule has 0 spiro atoms. The summed E-state index contributed by atoms with van der Waals surface area (Å²) in [6, 6.07) is 5.39. The van der Waals surface area contributed by atoms with E-state index in [4.69, 9.17) is 0 Å². The third-order valence-electron chi connectivity index (χ3n) is 2.38. The van der Waals surface area contributed by atoms with Crippen molar-refractivity contribution in [3.05, 3.63) is 56.7 Å². The fourth-order valence-electron chi connectivity index (χ4n) is 1.43. The zero-order chi connectivity index (χ0) is 13.1. The van der Waals surface area contributed by atoms with Gasteiger partial charge in [-0.05, 0) is 30.7 Å². The van der Waals surface area contributed by atoms with Crippen LogP contribution in [-0.4, -0.2) is 15.9 Å². The van der Waals surface area contributed by atoms with Crippen molar-refractivity contribution in [2.75, 3.05) is 5.32 Å². The highest BCUT2D eigenvalue weighted by atomic mass is 79.9. The van der Waals surface area contributed by atoms with E-state index < -0.39 is 11.5 Å². The van der Waals surface area contributed by atoms with Crippen LogP contribution in [0.4, 0.5) is 5.69 Å². The normalized spacial score (nSPS) is 10.1. The van der Waals surface area contributed by atoms with E-state index in [0.29, 0.717) is 5.69 Å². The molecule has 0 radical (unpaired) electrons. The summed E-state index contributed by atoms with van der Waals surface area (Å²) in [6.07, 6.45) is 2.47. The van der Waals surface area contributed by atoms with Crippen LogP contribution in [0.2, 0.25) is 0 Å². The van der Waals surface area contributed by atoms with E-state index in [1.165, 1.54) is 12.5 Å². The monoisotopic (exact) mass is 307 g/mol. The van der Waals surface area contributed by atoms with E-state index in [-0.39, 0.29) is 5.56 Å². The molecule has 2 N–H and O–H groups in total. The van der Waals surface area contributed by atoms with Gasteiger partial charge < -0.3 is 10.3 Å². The van der Waals surface area contributed by atoms with Crippen LogP contribution in [0.5, 0.6) is 0 Å². The van der Waals surface area contributed by atoms with Crippen molar-refractivity contribution in [2.24, 2.45) is 0 Å². The zero-order valence-corrected chi connectivity index (χ0v) is 11.1. The van der Waals surface area contributed by atoms with Crippen LogP contribution in [0.3, 0.4) is 0 Å². The molecule has 6 heteroatoms. The molecule has 18 heavy (non-hydrogen) atoms. The number of amides is 1. The molecule has 0 bridgehead atoms. The number of nitrogens with one attached hydrogen (secondary N) is 2. The maximum Gasteiger partial charge on any atom is 0.263 e. The highest BCUT2D eigenvalue weighted by Gasteiger charge is 2.10. The lowest BCUT2D eigenvalue weighted by Crippen LogP contribution is -2.23. The third-order valence-corrected chi connectivity index (χ3v) is 3.27. The van der Waals surface area contributed by atoms with Gasteiger partial charge in [-0.15, -0.1) is 0 Å². The number of aromatic amines is 1. The number of rotatable bonds is 2. The Morgan fingerprint density at radius 1 is 1.44 bits per heavy atom. The van der Waals surface area contributed by atoms with Crippen LogP contribution < -0.4 is 10.9 Å². The van der Waals surface area contributed by atoms with Gasteiger partial charge in [0.2, 0.25) is 0 Å². The minimum atomic E-state index is -0.480. The summed E-state index contributed by atoms with van der Waals surface area (Å²) in [5, 5.41) is 2.65. The van der Waals surface area contributed by atoms with E-state index in [1.54, 1.807) is 6.07 Å². The molecule has 0 aliphatic carbocycles. The van der Waals surface area contributed by atoms with Crippen molar-refractivity contribution in [1.29, 1.82) is 0 Å². The molecular formula is C12H10BrN3O2. The maximum atomic E-state index is 11.8. The van der Waals surface area contributed by atoms with E-state index in [2.05, 4.69) is 31.2 Å². The predicted octanol–water partition coefficient (Wildman–Crippen LogP) is 2.09. The van der Waals surface area contributed by atoms with Crippen molar-refractivity contribution in [3.8, 4) is 0 Å². The topological polar surface area (TPSA) is 74.8 Å². The number of nitrogens with zero attached hydrogens (tertiary/aromatic N) is 1. The number of halogens is 1. The van der Waals surface area contributed by atoms with Crippen LogP contribution in [-0.2, 0) is 0 Å². The molecule has 5 nitrogen and oxygen atoms in total. The van der Waals surface area contributed by atoms with Crippen LogP contribution in [0.1, 0.15) is 15.9 Å². The Bertz CT molecular complexity index is 652. The zero-order valence-electron chi connectivity index (χ0n) is 9.53. The summed E-state index contributed by atoms with van der Waals surface area (Å²) >= 11 is 3.37. The minimum Gasteiger partial charge on any atom is -0.322 e. The van der Waals surface area contributed by atoms with Crippen LogP contribution >= 0.6 is 15.9 Å². The van der Waals surface area contributed by atoms with Gasteiger partial charge >= 0.3 is 0 Å². The van der Waals surface area contributed by atoms with Crippen molar-refractivity contribution >= 4 is 27.5 Å². The molecular weight excluding hydrogens is 298 g/mol. The lowest BCUT2D eigenvalue weighted by Gasteiger charge is -2.06. The summed E-state index contributed by atoms with van der Waals surface area (Å²) in [5.41, 5.74) is 1.14. The number of carbonyl (C=O) groups is 1. The average molecular weight is 308 g/mol. The average Bonchev–Trinajstić information content (AvgIpc) is 2.34. The molecule has 0 aliphatic heterocycles.